The fourth-order valence-electron chi connectivity index (χ4n) is 4.05. The van der Waals surface area contributed by atoms with Gasteiger partial charge in [-0.15, -0.1) is 0 Å². The van der Waals surface area contributed by atoms with Crippen molar-refractivity contribution < 1.29 is 13.2 Å². The number of likely N-dealkylation sites (N-methyl/N-ethyl adjacent to an activating group) is 1. The number of carbonyl (C=O) groups excluding carboxylic acids is 1. The first kappa shape index (κ1) is 23.8. The average molecular weight is 487 g/mol. The van der Waals surface area contributed by atoms with E-state index in [0.29, 0.717) is 30.3 Å². The van der Waals surface area contributed by atoms with Gasteiger partial charge in [0.05, 0.1) is 15.1 Å². The number of piperidine rings is 1. The van der Waals surface area contributed by atoms with Crippen LogP contribution in [0.15, 0.2) is 53.4 Å². The van der Waals surface area contributed by atoms with Crippen LogP contribution in [0.5, 0.6) is 0 Å². The van der Waals surface area contributed by atoms with Gasteiger partial charge in [0.15, 0.2) is 5.13 Å². The number of sulfonamides is 1. The highest BCUT2D eigenvalue weighted by Gasteiger charge is 2.31. The highest BCUT2D eigenvalue weighted by molar-refractivity contribution is 7.89. The zero-order valence-corrected chi connectivity index (χ0v) is 20.9. The van der Waals surface area contributed by atoms with E-state index in [2.05, 4.69) is 4.98 Å². The second-order valence-corrected chi connectivity index (χ2v) is 11.6. The second-order valence-electron chi connectivity index (χ2n) is 8.71. The predicted octanol–water partition coefficient (Wildman–Crippen LogP) is 4.07. The van der Waals surface area contributed by atoms with Gasteiger partial charge in [-0.05, 0) is 70.3 Å². The molecule has 0 bridgehead atoms. The predicted molar refractivity (Wildman–Crippen MR) is 133 cm³/mol. The zero-order valence-electron chi connectivity index (χ0n) is 19.3. The Bertz CT molecular complexity index is 1190. The summed E-state index contributed by atoms with van der Waals surface area (Å²) in [7, 11) is 0.348. The van der Waals surface area contributed by atoms with Crippen molar-refractivity contribution in [3.05, 3.63) is 54.1 Å². The topological polar surface area (TPSA) is 73.8 Å². The first-order valence-electron chi connectivity index (χ1n) is 11.2. The van der Waals surface area contributed by atoms with Crippen LogP contribution in [0.2, 0.25) is 0 Å². The minimum atomic E-state index is -3.57. The Hall–Kier alpha value is -2.33. The van der Waals surface area contributed by atoms with E-state index < -0.39 is 10.0 Å². The van der Waals surface area contributed by atoms with Crippen LogP contribution >= 0.6 is 11.3 Å². The molecule has 1 amide bonds. The number of hydrogen-bond acceptors (Lipinski definition) is 6. The Kier molecular flexibility index (Phi) is 7.13. The fraction of sp³-hybridized carbons (Fsp3) is 0.417. The molecule has 1 saturated heterocycles. The van der Waals surface area contributed by atoms with Gasteiger partial charge in [-0.2, -0.15) is 4.31 Å². The zero-order chi connectivity index (χ0) is 23.6. The first-order valence-corrected chi connectivity index (χ1v) is 13.5. The Balaban J connectivity index is 1.61. The maximum absolute atomic E-state index is 13.5. The van der Waals surface area contributed by atoms with Gasteiger partial charge in [0, 0.05) is 31.2 Å². The van der Waals surface area contributed by atoms with E-state index in [1.165, 1.54) is 11.3 Å². The molecule has 176 valence electrons. The first-order chi connectivity index (χ1) is 15.8. The van der Waals surface area contributed by atoms with Gasteiger partial charge in [-0.1, -0.05) is 29.9 Å². The van der Waals surface area contributed by atoms with Gasteiger partial charge in [-0.3, -0.25) is 9.69 Å². The molecule has 3 aromatic rings. The normalized spacial score (nSPS) is 17.5. The summed E-state index contributed by atoms with van der Waals surface area (Å²) in [5, 5.41) is 0.641. The number of para-hydroxylation sites is 1. The lowest BCUT2D eigenvalue weighted by Crippen LogP contribution is -2.41. The fourth-order valence-corrected chi connectivity index (χ4v) is 6.74. The molecule has 1 atom stereocenters. The summed E-state index contributed by atoms with van der Waals surface area (Å²) in [4.78, 5) is 22.1. The number of thiazole rings is 1. The molecule has 1 unspecified atom stereocenters. The Morgan fingerprint density at radius 3 is 2.48 bits per heavy atom. The van der Waals surface area contributed by atoms with Crippen molar-refractivity contribution >= 4 is 42.6 Å². The van der Waals surface area contributed by atoms with E-state index in [4.69, 9.17) is 0 Å². The van der Waals surface area contributed by atoms with Crippen LogP contribution < -0.4 is 4.90 Å². The largest absolute Gasteiger partial charge is 0.308 e. The number of rotatable bonds is 7. The highest BCUT2D eigenvalue weighted by Crippen LogP contribution is 2.30. The average Bonchev–Trinajstić information content (AvgIpc) is 3.23. The summed E-state index contributed by atoms with van der Waals surface area (Å²) in [6, 6.07) is 14.1. The van der Waals surface area contributed by atoms with Crippen molar-refractivity contribution in [1.29, 1.82) is 0 Å². The molecule has 0 N–H and O–H groups in total. The number of anilines is 1. The summed E-state index contributed by atoms with van der Waals surface area (Å²) in [6.07, 6.45) is 2.80. The standard InChI is InChI=1S/C24H30N4O3S2/c1-18-8-6-7-15-28(18)33(30,31)20-13-11-19(12-14-20)23(29)27(17-16-26(2)3)24-25-21-9-4-5-10-22(21)32-24/h4-5,9-14,18H,6-8,15-17H2,1-3H3. The summed E-state index contributed by atoms with van der Waals surface area (Å²) < 4.78 is 28.9. The van der Waals surface area contributed by atoms with E-state index in [9.17, 15) is 13.2 Å². The van der Waals surface area contributed by atoms with Crippen LogP contribution in [0.4, 0.5) is 5.13 Å². The van der Waals surface area contributed by atoms with Crippen LogP contribution in [0.25, 0.3) is 10.2 Å². The maximum Gasteiger partial charge on any atom is 0.260 e. The van der Waals surface area contributed by atoms with Gasteiger partial charge in [0.2, 0.25) is 10.0 Å². The number of amides is 1. The van der Waals surface area contributed by atoms with E-state index >= 15 is 0 Å². The number of hydrogen-bond donors (Lipinski definition) is 0. The van der Waals surface area contributed by atoms with Crippen molar-refractivity contribution in [3.8, 4) is 0 Å². The molecule has 2 heterocycles. The smallest absolute Gasteiger partial charge is 0.260 e. The van der Waals surface area contributed by atoms with Gasteiger partial charge in [0.25, 0.3) is 5.91 Å². The highest BCUT2D eigenvalue weighted by atomic mass is 32.2. The van der Waals surface area contributed by atoms with Crippen LogP contribution in [-0.4, -0.2) is 68.3 Å². The summed E-state index contributed by atoms with van der Waals surface area (Å²) in [5.41, 5.74) is 1.30. The van der Waals surface area contributed by atoms with E-state index in [0.717, 1.165) is 29.5 Å². The lowest BCUT2D eigenvalue weighted by atomic mass is 10.1. The minimum absolute atomic E-state index is 0.00869. The number of carbonyl (C=O) groups is 1. The SMILES string of the molecule is CC1CCCCN1S(=O)(=O)c1ccc(C(=O)N(CCN(C)C)c2nc3ccccc3s2)cc1. The van der Waals surface area contributed by atoms with Crippen molar-refractivity contribution in [1.82, 2.24) is 14.2 Å². The van der Waals surface area contributed by atoms with Crippen molar-refractivity contribution in [3.63, 3.8) is 0 Å². The van der Waals surface area contributed by atoms with Crippen molar-refractivity contribution in [2.75, 3.05) is 38.6 Å². The quantitative estimate of drug-likeness (QED) is 0.503. The Labute approximate surface area is 199 Å². The molecule has 0 radical (unpaired) electrons. The molecule has 4 rings (SSSR count). The van der Waals surface area contributed by atoms with Crippen LogP contribution in [0, 0.1) is 0 Å². The molecule has 7 nitrogen and oxygen atoms in total. The summed E-state index contributed by atoms with van der Waals surface area (Å²) >= 11 is 1.48. The lowest BCUT2D eigenvalue weighted by Gasteiger charge is -2.32. The molecule has 1 aliphatic rings. The van der Waals surface area contributed by atoms with E-state index in [1.807, 2.05) is 50.2 Å². The number of nitrogens with zero attached hydrogens (tertiary/aromatic N) is 4. The van der Waals surface area contributed by atoms with Crippen LogP contribution in [-0.2, 0) is 10.0 Å². The molecule has 0 spiro atoms. The Morgan fingerprint density at radius 2 is 1.82 bits per heavy atom. The number of benzene rings is 2. The van der Waals surface area contributed by atoms with Crippen LogP contribution in [0.1, 0.15) is 36.5 Å². The molecule has 1 fully saturated rings. The number of aromatic nitrogens is 1. The molecular formula is C24H30N4O3S2. The van der Waals surface area contributed by atoms with Gasteiger partial charge < -0.3 is 4.90 Å². The number of fused-ring (bicyclic) bond motifs is 1. The molecule has 33 heavy (non-hydrogen) atoms. The molecule has 1 aromatic heterocycles. The van der Waals surface area contributed by atoms with Crippen molar-refractivity contribution in [2.45, 2.75) is 37.1 Å². The lowest BCUT2D eigenvalue weighted by molar-refractivity contribution is 0.0985. The monoisotopic (exact) mass is 486 g/mol. The molecule has 1 aliphatic heterocycles. The molecular weight excluding hydrogens is 456 g/mol. The third-order valence-electron chi connectivity index (χ3n) is 5.98. The minimum Gasteiger partial charge on any atom is -0.308 e. The maximum atomic E-state index is 13.5. The molecule has 9 heteroatoms. The Morgan fingerprint density at radius 1 is 1.09 bits per heavy atom. The van der Waals surface area contributed by atoms with Gasteiger partial charge in [0.1, 0.15) is 0 Å². The van der Waals surface area contributed by atoms with Gasteiger partial charge >= 0.3 is 0 Å². The second kappa shape index (κ2) is 9.89. The third-order valence-corrected chi connectivity index (χ3v) is 9.07. The molecule has 0 aliphatic carbocycles. The molecule has 0 saturated carbocycles. The van der Waals surface area contributed by atoms with Crippen LogP contribution in [0.3, 0.4) is 0 Å². The van der Waals surface area contributed by atoms with E-state index in [1.54, 1.807) is 33.5 Å². The van der Waals surface area contributed by atoms with Gasteiger partial charge in [-0.25, -0.2) is 13.4 Å². The van der Waals surface area contributed by atoms with E-state index in [-0.39, 0.29) is 16.8 Å². The summed E-state index contributed by atoms with van der Waals surface area (Å²) in [6.45, 7) is 3.66. The van der Waals surface area contributed by atoms with Crippen molar-refractivity contribution in [2.24, 2.45) is 0 Å². The molecule has 2 aromatic carbocycles. The third kappa shape index (κ3) is 5.11. The summed E-state index contributed by atoms with van der Waals surface area (Å²) in [5.74, 6) is -0.189.